The molecule has 0 aliphatic rings. The molecule has 0 spiro atoms. The molecule has 0 saturated carbocycles. The second-order valence-electron chi connectivity index (χ2n) is 4.02. The van der Waals surface area contributed by atoms with Crippen LogP contribution in [0.25, 0.3) is 0 Å². The van der Waals surface area contributed by atoms with E-state index in [-0.39, 0.29) is 13.2 Å². The van der Waals surface area contributed by atoms with Gasteiger partial charge in [-0.1, -0.05) is 19.8 Å². The second kappa shape index (κ2) is 5.71. The van der Waals surface area contributed by atoms with E-state index in [2.05, 4.69) is 10.1 Å². The van der Waals surface area contributed by atoms with E-state index in [4.69, 9.17) is 11.2 Å². The molecule has 0 amide bonds. The van der Waals surface area contributed by atoms with Crippen molar-refractivity contribution in [2.24, 2.45) is 5.41 Å². The van der Waals surface area contributed by atoms with Gasteiger partial charge in [0.1, 0.15) is 6.61 Å². The van der Waals surface area contributed by atoms with E-state index >= 15 is 0 Å². The average molecular weight is 274 g/mol. The lowest BCUT2D eigenvalue weighted by Gasteiger charge is -2.23. The zero-order valence-electron chi connectivity index (χ0n) is 9.37. The summed E-state index contributed by atoms with van der Waals surface area (Å²) in [6, 6.07) is 0. The summed E-state index contributed by atoms with van der Waals surface area (Å²) in [4.78, 5) is 0. The topological polar surface area (TPSA) is 52.6 Å². The minimum Gasteiger partial charge on any atom is -0.368 e. The number of rotatable bonds is 6. The van der Waals surface area contributed by atoms with Gasteiger partial charge in [0, 0.05) is 5.41 Å². The van der Waals surface area contributed by atoms with Gasteiger partial charge in [0.15, 0.2) is 0 Å². The van der Waals surface area contributed by atoms with Crippen LogP contribution >= 0.6 is 0 Å². The van der Waals surface area contributed by atoms with Crippen LogP contribution in [0, 0.1) is 17.8 Å². The van der Waals surface area contributed by atoms with Gasteiger partial charge in [0.05, 0.1) is 13.2 Å². The highest BCUT2D eigenvalue weighted by Crippen LogP contribution is 2.27. The normalized spacial score (nSPS) is 13.4. The van der Waals surface area contributed by atoms with Gasteiger partial charge >= 0.3 is 15.6 Å². The fourth-order valence-electron chi connectivity index (χ4n) is 0.732. The molecule has 0 aromatic carbocycles. The molecule has 0 bridgehead atoms. The molecule has 0 aromatic heterocycles. The number of alkyl halides is 3. The maximum absolute atomic E-state index is 11.9. The molecule has 0 aliphatic heterocycles. The van der Waals surface area contributed by atoms with Crippen LogP contribution < -0.4 is 0 Å². The third-order valence-corrected chi connectivity index (χ3v) is 2.56. The Morgan fingerprint density at radius 2 is 1.76 bits per heavy atom. The van der Waals surface area contributed by atoms with Gasteiger partial charge in [-0.05, 0) is 0 Å². The maximum Gasteiger partial charge on any atom is 0.523 e. The number of hydrogen-bond donors (Lipinski definition) is 0. The first-order valence-corrected chi connectivity index (χ1v) is 5.89. The van der Waals surface area contributed by atoms with Gasteiger partial charge in [-0.25, -0.2) is 0 Å². The third-order valence-electron chi connectivity index (χ3n) is 1.57. The van der Waals surface area contributed by atoms with E-state index in [1.165, 1.54) is 13.8 Å². The molecule has 0 aliphatic carbocycles. The van der Waals surface area contributed by atoms with Crippen molar-refractivity contribution in [1.29, 1.82) is 0 Å². The summed E-state index contributed by atoms with van der Waals surface area (Å²) >= 11 is 0. The molecule has 0 rings (SSSR count). The smallest absolute Gasteiger partial charge is 0.368 e. The molecular formula is C9H13F3O4S. The molecule has 100 valence electrons. The van der Waals surface area contributed by atoms with Crippen LogP contribution in [0.3, 0.4) is 0 Å². The average Bonchev–Trinajstić information content (AvgIpc) is 2.14. The minimum atomic E-state index is -5.56. The highest BCUT2D eigenvalue weighted by molar-refractivity contribution is 7.87. The maximum atomic E-state index is 11.9. The SMILES string of the molecule is C#CCOCC(C)(C)COS(=O)(=O)C(F)(F)F. The fraction of sp³-hybridized carbons (Fsp3) is 0.778. The fourth-order valence-corrected chi connectivity index (χ4v) is 1.34. The van der Waals surface area contributed by atoms with Crippen molar-refractivity contribution in [2.75, 3.05) is 19.8 Å². The highest BCUT2D eigenvalue weighted by atomic mass is 32.2. The van der Waals surface area contributed by atoms with E-state index in [1.54, 1.807) is 0 Å². The quantitative estimate of drug-likeness (QED) is 0.319. The van der Waals surface area contributed by atoms with Gasteiger partial charge in [0.2, 0.25) is 0 Å². The molecule has 4 nitrogen and oxygen atoms in total. The Bertz CT molecular complexity index is 378. The Morgan fingerprint density at radius 1 is 1.24 bits per heavy atom. The summed E-state index contributed by atoms with van der Waals surface area (Å²) in [6.45, 7) is 2.34. The van der Waals surface area contributed by atoms with Crippen molar-refractivity contribution in [1.82, 2.24) is 0 Å². The van der Waals surface area contributed by atoms with Gasteiger partial charge in [-0.15, -0.1) is 6.42 Å². The van der Waals surface area contributed by atoms with Gasteiger partial charge in [0.25, 0.3) is 0 Å². The van der Waals surface area contributed by atoms with Crippen LogP contribution in [0.15, 0.2) is 0 Å². The Labute approximate surface area is 98.2 Å². The Kier molecular flexibility index (Phi) is 5.45. The number of terminal acetylenes is 1. The lowest BCUT2D eigenvalue weighted by Crippen LogP contribution is -2.32. The molecule has 0 aromatic rings. The highest BCUT2D eigenvalue weighted by Gasteiger charge is 2.47. The molecule has 0 atom stereocenters. The summed E-state index contributed by atoms with van der Waals surface area (Å²) in [5, 5.41) is 0. The molecule has 0 unspecified atom stereocenters. The zero-order chi connectivity index (χ0) is 13.7. The van der Waals surface area contributed by atoms with Crippen LogP contribution in [-0.2, 0) is 19.0 Å². The van der Waals surface area contributed by atoms with Crippen molar-refractivity contribution in [3.8, 4) is 12.3 Å². The van der Waals surface area contributed by atoms with E-state index < -0.39 is 27.6 Å². The van der Waals surface area contributed by atoms with Crippen LogP contribution in [0.1, 0.15) is 13.8 Å². The Balaban J connectivity index is 4.33. The lowest BCUT2D eigenvalue weighted by molar-refractivity contribution is -0.0577. The lowest BCUT2D eigenvalue weighted by atomic mass is 9.97. The van der Waals surface area contributed by atoms with Crippen LogP contribution in [0.4, 0.5) is 13.2 Å². The molecule has 8 heteroatoms. The van der Waals surface area contributed by atoms with Crippen molar-refractivity contribution < 1.29 is 30.5 Å². The van der Waals surface area contributed by atoms with Crippen LogP contribution in [0.5, 0.6) is 0 Å². The summed E-state index contributed by atoms with van der Waals surface area (Å²) in [5.74, 6) is 2.18. The summed E-state index contributed by atoms with van der Waals surface area (Å²) in [5.41, 5.74) is -6.31. The minimum absolute atomic E-state index is 0.00451. The van der Waals surface area contributed by atoms with Crippen molar-refractivity contribution in [2.45, 2.75) is 19.4 Å². The summed E-state index contributed by atoms with van der Waals surface area (Å²) in [6.07, 6.45) is 4.91. The predicted octanol–water partition coefficient (Wildman–Crippen LogP) is 1.53. The van der Waals surface area contributed by atoms with Crippen LogP contribution in [0.2, 0.25) is 0 Å². The molecule has 0 saturated heterocycles. The van der Waals surface area contributed by atoms with Crippen molar-refractivity contribution in [3.63, 3.8) is 0 Å². The van der Waals surface area contributed by atoms with E-state index in [1.807, 2.05) is 0 Å². The van der Waals surface area contributed by atoms with Crippen molar-refractivity contribution >= 4 is 10.1 Å². The summed E-state index contributed by atoms with van der Waals surface area (Å²) < 4.78 is 65.9. The number of halogens is 3. The molecule has 0 heterocycles. The van der Waals surface area contributed by atoms with Gasteiger partial charge in [-0.2, -0.15) is 21.6 Å². The first kappa shape index (κ1) is 16.2. The predicted molar refractivity (Wildman–Crippen MR) is 54.4 cm³/mol. The van der Waals surface area contributed by atoms with Crippen LogP contribution in [-0.4, -0.2) is 33.7 Å². The first-order chi connectivity index (χ1) is 7.52. The molecule has 17 heavy (non-hydrogen) atoms. The van der Waals surface area contributed by atoms with E-state index in [0.717, 1.165) is 0 Å². The van der Waals surface area contributed by atoms with Gasteiger partial charge in [-0.3, -0.25) is 4.18 Å². The number of ether oxygens (including phenoxy) is 1. The molecule has 0 radical (unpaired) electrons. The largest absolute Gasteiger partial charge is 0.523 e. The van der Waals surface area contributed by atoms with Crippen molar-refractivity contribution in [3.05, 3.63) is 0 Å². The first-order valence-electron chi connectivity index (χ1n) is 4.49. The number of hydrogen-bond acceptors (Lipinski definition) is 4. The second-order valence-corrected chi connectivity index (χ2v) is 5.63. The van der Waals surface area contributed by atoms with E-state index in [0.29, 0.717) is 0 Å². The Morgan fingerprint density at radius 3 is 2.18 bits per heavy atom. The molecule has 0 N–H and O–H groups in total. The summed E-state index contributed by atoms with van der Waals surface area (Å²) in [7, 11) is -5.56. The molecule has 0 fully saturated rings. The standard InChI is InChI=1S/C9H13F3O4S/c1-4-5-15-6-8(2,3)7-16-17(13,14)9(10,11)12/h1H,5-7H2,2-3H3. The van der Waals surface area contributed by atoms with E-state index in [9.17, 15) is 21.6 Å². The van der Waals surface area contributed by atoms with Gasteiger partial charge < -0.3 is 4.74 Å². The zero-order valence-corrected chi connectivity index (χ0v) is 10.2. The Hall–Kier alpha value is -0.780. The monoisotopic (exact) mass is 274 g/mol. The molecular weight excluding hydrogens is 261 g/mol. The third kappa shape index (κ3) is 5.91.